The second-order valence-corrected chi connectivity index (χ2v) is 13.5. The van der Waals surface area contributed by atoms with Gasteiger partial charge in [0.25, 0.3) is 0 Å². The lowest BCUT2D eigenvalue weighted by atomic mass is 9.90. The van der Waals surface area contributed by atoms with E-state index in [9.17, 15) is 0 Å². The van der Waals surface area contributed by atoms with Crippen molar-refractivity contribution in [1.29, 1.82) is 0 Å². The molecule has 0 aliphatic carbocycles. The van der Waals surface area contributed by atoms with Crippen molar-refractivity contribution in [3.63, 3.8) is 0 Å². The summed E-state index contributed by atoms with van der Waals surface area (Å²) in [5.74, 6) is 1.77. The van der Waals surface area contributed by atoms with Crippen LogP contribution >= 0.6 is 0 Å². The van der Waals surface area contributed by atoms with Crippen molar-refractivity contribution >= 4 is 21.9 Å². The normalized spacial score (nSPS) is 11.3. The molecular formula is C51H33N3O. The molecule has 0 aliphatic rings. The molecule has 0 saturated carbocycles. The summed E-state index contributed by atoms with van der Waals surface area (Å²) >= 11 is 0. The molecule has 8 aromatic carbocycles. The van der Waals surface area contributed by atoms with Gasteiger partial charge in [-0.15, -0.1) is 0 Å². The van der Waals surface area contributed by atoms with Crippen LogP contribution in [0.3, 0.4) is 0 Å². The van der Waals surface area contributed by atoms with Crippen molar-refractivity contribution in [1.82, 2.24) is 15.0 Å². The van der Waals surface area contributed by atoms with Crippen LogP contribution in [0.1, 0.15) is 0 Å². The fourth-order valence-electron chi connectivity index (χ4n) is 7.52. The Bertz CT molecular complexity index is 2940. The predicted octanol–water partition coefficient (Wildman–Crippen LogP) is 13.4. The summed E-state index contributed by atoms with van der Waals surface area (Å²) in [6.07, 6.45) is 0. The number of hydrogen-bond acceptors (Lipinski definition) is 4. The fraction of sp³-hybridized carbons (Fsp3) is 0. The van der Waals surface area contributed by atoms with Crippen molar-refractivity contribution in [3.8, 4) is 78.7 Å². The van der Waals surface area contributed by atoms with Crippen LogP contribution in [0.15, 0.2) is 205 Å². The van der Waals surface area contributed by atoms with Crippen molar-refractivity contribution in [2.45, 2.75) is 0 Å². The Kier molecular flexibility index (Phi) is 8.12. The number of hydrogen-bond donors (Lipinski definition) is 0. The molecule has 0 unspecified atom stereocenters. The molecule has 0 bridgehead atoms. The van der Waals surface area contributed by atoms with Gasteiger partial charge in [-0.25, -0.2) is 15.0 Å². The highest BCUT2D eigenvalue weighted by atomic mass is 16.3. The zero-order valence-electron chi connectivity index (χ0n) is 29.8. The topological polar surface area (TPSA) is 51.8 Å². The van der Waals surface area contributed by atoms with Gasteiger partial charge < -0.3 is 4.42 Å². The average Bonchev–Trinajstić information content (AvgIpc) is 3.66. The van der Waals surface area contributed by atoms with Crippen molar-refractivity contribution in [2.24, 2.45) is 0 Å². The monoisotopic (exact) mass is 703 g/mol. The quantitative estimate of drug-likeness (QED) is 0.166. The van der Waals surface area contributed by atoms with Crippen LogP contribution in [0.5, 0.6) is 0 Å². The zero-order valence-corrected chi connectivity index (χ0v) is 29.8. The molecule has 0 N–H and O–H groups in total. The Morgan fingerprint density at radius 1 is 0.255 bits per heavy atom. The van der Waals surface area contributed by atoms with Gasteiger partial charge in [0.05, 0.1) is 0 Å². The minimum atomic E-state index is 0.569. The average molecular weight is 704 g/mol. The van der Waals surface area contributed by atoms with Gasteiger partial charge in [-0.2, -0.15) is 0 Å². The van der Waals surface area contributed by atoms with Gasteiger partial charge in [-0.05, 0) is 45.5 Å². The summed E-state index contributed by atoms with van der Waals surface area (Å²) < 4.78 is 7.09. The van der Waals surface area contributed by atoms with Crippen molar-refractivity contribution in [3.05, 3.63) is 200 Å². The van der Waals surface area contributed by atoms with Gasteiger partial charge in [-0.3, -0.25) is 0 Å². The highest BCUT2D eigenvalue weighted by Crippen LogP contribution is 2.46. The standard InChI is InChI=1S/C51H33N3O/c1-5-16-34(17-6-1)35-28-30-39(31-29-35)50-52-49(38-22-11-4-12-23-38)53-51(54-50)45-33-32-44-43-27-15-26-41(37-20-9-3-10-21-37)47(43)55-48(44)46(45)42-25-14-13-24-40(42)36-18-7-2-8-19-36/h1-33H. The number of furan rings is 1. The molecule has 0 amide bonds. The first-order chi connectivity index (χ1) is 27.3. The van der Waals surface area contributed by atoms with E-state index in [-0.39, 0.29) is 0 Å². The minimum absolute atomic E-state index is 0.569. The molecule has 0 spiro atoms. The van der Waals surface area contributed by atoms with Crippen molar-refractivity contribution < 1.29 is 4.42 Å². The Hall–Kier alpha value is -7.43. The molecule has 10 rings (SSSR count). The molecule has 0 fully saturated rings. The Morgan fingerprint density at radius 2 is 0.691 bits per heavy atom. The Labute approximate surface area is 319 Å². The highest BCUT2D eigenvalue weighted by molar-refractivity contribution is 6.16. The van der Waals surface area contributed by atoms with Crippen LogP contribution in [0.4, 0.5) is 0 Å². The molecule has 258 valence electrons. The molecule has 4 nitrogen and oxygen atoms in total. The predicted molar refractivity (Wildman–Crippen MR) is 225 cm³/mol. The summed E-state index contributed by atoms with van der Waals surface area (Å²) in [4.78, 5) is 15.5. The van der Waals surface area contributed by atoms with Gasteiger partial charge >= 0.3 is 0 Å². The fourth-order valence-corrected chi connectivity index (χ4v) is 7.52. The minimum Gasteiger partial charge on any atom is -0.455 e. The largest absolute Gasteiger partial charge is 0.455 e. The second kappa shape index (κ2) is 13.8. The summed E-state index contributed by atoms with van der Waals surface area (Å²) in [5, 5.41) is 2.09. The maximum Gasteiger partial charge on any atom is 0.164 e. The number of aromatic nitrogens is 3. The van der Waals surface area contributed by atoms with E-state index in [1.165, 1.54) is 0 Å². The van der Waals surface area contributed by atoms with Gasteiger partial charge in [0.1, 0.15) is 11.2 Å². The van der Waals surface area contributed by atoms with E-state index in [0.29, 0.717) is 17.5 Å². The van der Waals surface area contributed by atoms with Crippen LogP contribution in [0.2, 0.25) is 0 Å². The molecule has 0 saturated heterocycles. The molecule has 2 heterocycles. The maximum absolute atomic E-state index is 7.09. The van der Waals surface area contributed by atoms with E-state index in [1.54, 1.807) is 0 Å². The smallest absolute Gasteiger partial charge is 0.164 e. The number of nitrogens with zero attached hydrogens (tertiary/aromatic N) is 3. The molecule has 0 atom stereocenters. The molecule has 2 aromatic heterocycles. The Balaban J connectivity index is 1.25. The SMILES string of the molecule is c1ccc(-c2ccc(-c3nc(-c4ccccc4)nc(-c4ccc5c(oc6c(-c7ccccc7)cccc65)c4-c4ccccc4-c4ccccc4)n3)cc2)cc1. The van der Waals surface area contributed by atoms with Crippen LogP contribution < -0.4 is 0 Å². The zero-order chi connectivity index (χ0) is 36.6. The molecule has 55 heavy (non-hydrogen) atoms. The number of para-hydroxylation sites is 1. The van der Waals surface area contributed by atoms with Gasteiger partial charge in [-0.1, -0.05) is 188 Å². The first-order valence-corrected chi connectivity index (χ1v) is 18.4. The molecular weight excluding hydrogens is 671 g/mol. The number of benzene rings is 8. The number of rotatable bonds is 7. The van der Waals surface area contributed by atoms with E-state index in [0.717, 1.165) is 83.1 Å². The second-order valence-electron chi connectivity index (χ2n) is 13.5. The van der Waals surface area contributed by atoms with E-state index in [1.807, 2.05) is 48.5 Å². The van der Waals surface area contributed by atoms with Crippen LogP contribution in [-0.4, -0.2) is 15.0 Å². The lowest BCUT2D eigenvalue weighted by molar-refractivity contribution is 0.671. The first-order valence-electron chi connectivity index (χ1n) is 18.4. The molecule has 0 radical (unpaired) electrons. The van der Waals surface area contributed by atoms with Crippen LogP contribution in [-0.2, 0) is 0 Å². The highest BCUT2D eigenvalue weighted by Gasteiger charge is 2.24. The third kappa shape index (κ3) is 5.96. The van der Waals surface area contributed by atoms with Crippen molar-refractivity contribution in [2.75, 3.05) is 0 Å². The van der Waals surface area contributed by atoms with E-state index in [4.69, 9.17) is 19.4 Å². The summed E-state index contributed by atoms with van der Waals surface area (Å²) in [6, 6.07) is 69.1. The lowest BCUT2D eigenvalue weighted by Crippen LogP contribution is -2.01. The first kappa shape index (κ1) is 32.2. The lowest BCUT2D eigenvalue weighted by Gasteiger charge is -2.16. The van der Waals surface area contributed by atoms with Crippen LogP contribution in [0, 0.1) is 0 Å². The summed E-state index contributed by atoms with van der Waals surface area (Å²) in [5.41, 5.74) is 12.9. The van der Waals surface area contributed by atoms with Gasteiger partial charge in [0, 0.05) is 38.6 Å². The molecule has 10 aromatic rings. The molecule has 0 aliphatic heterocycles. The van der Waals surface area contributed by atoms with E-state index < -0.39 is 0 Å². The third-order valence-electron chi connectivity index (χ3n) is 10.2. The summed E-state index contributed by atoms with van der Waals surface area (Å²) in [7, 11) is 0. The van der Waals surface area contributed by atoms with Gasteiger partial charge in [0.15, 0.2) is 17.5 Å². The van der Waals surface area contributed by atoms with E-state index in [2.05, 4.69) is 152 Å². The van der Waals surface area contributed by atoms with Gasteiger partial charge in [0.2, 0.25) is 0 Å². The van der Waals surface area contributed by atoms with E-state index >= 15 is 0 Å². The maximum atomic E-state index is 7.09. The third-order valence-corrected chi connectivity index (χ3v) is 10.2. The summed E-state index contributed by atoms with van der Waals surface area (Å²) in [6.45, 7) is 0. The molecule has 4 heteroatoms. The number of fused-ring (bicyclic) bond motifs is 3. The Morgan fingerprint density at radius 3 is 1.33 bits per heavy atom. The van der Waals surface area contributed by atoms with Crippen LogP contribution in [0.25, 0.3) is 101 Å².